The van der Waals surface area contributed by atoms with Gasteiger partial charge in [-0.25, -0.2) is 15.0 Å². The fraction of sp³-hybridized carbons (Fsp3) is 0. The molecule has 0 aliphatic rings. The van der Waals surface area contributed by atoms with E-state index in [0.29, 0.717) is 11.4 Å². The second kappa shape index (κ2) is 9.38. The number of para-hydroxylation sites is 2. The summed E-state index contributed by atoms with van der Waals surface area (Å²) in [6, 6.07) is 14.6. The number of rotatable bonds is 8. The van der Waals surface area contributed by atoms with Gasteiger partial charge in [0.2, 0.25) is 18.6 Å². The number of ether oxygens (including phenoxy) is 2. The SMILES string of the molecule is O=[N+]([O-])c1ccccc1OC=NOC=Nc1ccc(Oc2ncccn2)cc1. The molecule has 0 fully saturated rings. The molecule has 0 spiro atoms. The Hall–Kier alpha value is -4.34. The van der Waals surface area contributed by atoms with Crippen LogP contribution in [0.1, 0.15) is 0 Å². The third kappa shape index (κ3) is 5.33. The van der Waals surface area contributed by atoms with Crippen LogP contribution in [-0.2, 0) is 4.84 Å². The van der Waals surface area contributed by atoms with Gasteiger partial charge in [0.25, 0.3) is 0 Å². The highest BCUT2D eigenvalue weighted by atomic mass is 16.6. The molecule has 0 aliphatic heterocycles. The molecule has 28 heavy (non-hydrogen) atoms. The van der Waals surface area contributed by atoms with Gasteiger partial charge in [-0.05, 0) is 41.6 Å². The highest BCUT2D eigenvalue weighted by Gasteiger charge is 2.12. The van der Waals surface area contributed by atoms with Crippen molar-refractivity contribution in [3.63, 3.8) is 0 Å². The van der Waals surface area contributed by atoms with E-state index in [1.54, 1.807) is 48.8 Å². The quantitative estimate of drug-likeness (QED) is 0.252. The Balaban J connectivity index is 1.48. The molecule has 2 aromatic carbocycles. The van der Waals surface area contributed by atoms with Crippen molar-refractivity contribution in [3.8, 4) is 17.5 Å². The van der Waals surface area contributed by atoms with Crippen molar-refractivity contribution in [2.24, 2.45) is 10.1 Å². The van der Waals surface area contributed by atoms with E-state index < -0.39 is 4.92 Å². The average molecular weight is 379 g/mol. The van der Waals surface area contributed by atoms with Gasteiger partial charge < -0.3 is 14.3 Å². The number of nitrogens with zero attached hydrogens (tertiary/aromatic N) is 5. The summed E-state index contributed by atoms with van der Waals surface area (Å²) < 4.78 is 10.5. The van der Waals surface area contributed by atoms with E-state index in [4.69, 9.17) is 14.3 Å². The standard InChI is InChI=1S/C18H13N5O5/c24-23(25)16-4-1-2-5-17(16)26-13-22-27-12-21-14-6-8-15(9-7-14)28-18-19-10-3-11-20-18/h1-13H. The Kier molecular flexibility index (Phi) is 6.18. The van der Waals surface area contributed by atoms with E-state index in [1.807, 2.05) is 0 Å². The number of benzene rings is 2. The van der Waals surface area contributed by atoms with Crippen LogP contribution in [0.3, 0.4) is 0 Å². The van der Waals surface area contributed by atoms with E-state index in [9.17, 15) is 10.1 Å². The number of oxime groups is 1. The molecule has 0 saturated heterocycles. The molecule has 3 rings (SSSR count). The molecule has 0 bridgehead atoms. The van der Waals surface area contributed by atoms with E-state index in [-0.39, 0.29) is 17.4 Å². The molecule has 3 aromatic rings. The van der Waals surface area contributed by atoms with Crippen LogP contribution in [0.4, 0.5) is 11.4 Å². The molecule has 140 valence electrons. The fourth-order valence-corrected chi connectivity index (χ4v) is 1.97. The molecule has 0 unspecified atom stereocenters. The molecule has 10 heteroatoms. The Labute approximate surface area is 158 Å². The maximum Gasteiger partial charge on any atom is 0.321 e. The van der Waals surface area contributed by atoms with Gasteiger partial charge in [0, 0.05) is 18.5 Å². The van der Waals surface area contributed by atoms with E-state index >= 15 is 0 Å². The lowest BCUT2D eigenvalue weighted by Crippen LogP contribution is -1.96. The molecule has 1 heterocycles. The predicted octanol–water partition coefficient (Wildman–Crippen LogP) is 3.88. The predicted molar refractivity (Wildman–Crippen MR) is 100 cm³/mol. The lowest BCUT2D eigenvalue weighted by molar-refractivity contribution is -0.385. The smallest absolute Gasteiger partial charge is 0.321 e. The zero-order valence-electron chi connectivity index (χ0n) is 14.3. The largest absolute Gasteiger partial charge is 0.435 e. The molecule has 10 nitrogen and oxygen atoms in total. The summed E-state index contributed by atoms with van der Waals surface area (Å²) in [4.78, 5) is 27.1. The molecule has 1 aromatic heterocycles. The molecule has 0 aliphatic carbocycles. The first-order valence-corrected chi connectivity index (χ1v) is 7.87. The van der Waals surface area contributed by atoms with Crippen molar-refractivity contribution in [2.75, 3.05) is 0 Å². The van der Waals surface area contributed by atoms with Crippen molar-refractivity contribution in [2.45, 2.75) is 0 Å². The number of hydrogen-bond donors (Lipinski definition) is 0. The first-order valence-electron chi connectivity index (χ1n) is 7.87. The first kappa shape index (κ1) is 18.5. The van der Waals surface area contributed by atoms with Gasteiger partial charge in [0.1, 0.15) is 5.75 Å². The van der Waals surface area contributed by atoms with Gasteiger partial charge >= 0.3 is 11.7 Å². The summed E-state index contributed by atoms with van der Waals surface area (Å²) in [7, 11) is 0. The molecular weight excluding hydrogens is 366 g/mol. The second-order valence-electron chi connectivity index (χ2n) is 5.02. The van der Waals surface area contributed by atoms with Crippen molar-refractivity contribution in [3.05, 3.63) is 77.1 Å². The van der Waals surface area contributed by atoms with Crippen molar-refractivity contribution < 1.29 is 19.2 Å². The molecule has 0 radical (unpaired) electrons. The number of aromatic nitrogens is 2. The lowest BCUT2D eigenvalue weighted by atomic mass is 10.3. The minimum Gasteiger partial charge on any atom is -0.435 e. The number of hydrogen-bond acceptors (Lipinski definition) is 9. The van der Waals surface area contributed by atoms with Crippen LogP contribution in [0.5, 0.6) is 17.5 Å². The zero-order valence-corrected chi connectivity index (χ0v) is 14.3. The van der Waals surface area contributed by atoms with Gasteiger partial charge in [-0.1, -0.05) is 12.1 Å². The topological polar surface area (TPSA) is 121 Å². The Bertz CT molecular complexity index is 977. The van der Waals surface area contributed by atoms with Crippen LogP contribution >= 0.6 is 0 Å². The van der Waals surface area contributed by atoms with Crippen molar-refractivity contribution in [1.29, 1.82) is 0 Å². The van der Waals surface area contributed by atoms with Gasteiger partial charge in [-0.15, -0.1) is 0 Å². The summed E-state index contributed by atoms with van der Waals surface area (Å²) in [6.07, 6.45) is 5.19. The molecule has 0 amide bonds. The lowest BCUT2D eigenvalue weighted by Gasteiger charge is -2.02. The summed E-state index contributed by atoms with van der Waals surface area (Å²) in [5.74, 6) is 0.608. The number of aliphatic imine (C=N–C) groups is 1. The Morgan fingerprint density at radius 2 is 1.71 bits per heavy atom. The van der Waals surface area contributed by atoms with Gasteiger partial charge in [0.15, 0.2) is 0 Å². The monoisotopic (exact) mass is 379 g/mol. The molecular formula is C18H13N5O5. The fourth-order valence-electron chi connectivity index (χ4n) is 1.97. The molecule has 0 atom stereocenters. The number of nitro groups is 1. The van der Waals surface area contributed by atoms with E-state index in [1.165, 1.54) is 18.2 Å². The van der Waals surface area contributed by atoms with Gasteiger partial charge in [-0.3, -0.25) is 10.1 Å². The summed E-state index contributed by atoms with van der Waals surface area (Å²) in [5.41, 5.74) is 0.418. The van der Waals surface area contributed by atoms with Gasteiger partial charge in [-0.2, -0.15) is 0 Å². The second-order valence-corrected chi connectivity index (χ2v) is 5.02. The normalized spacial score (nSPS) is 10.9. The zero-order chi connectivity index (χ0) is 19.6. The van der Waals surface area contributed by atoms with Crippen LogP contribution in [0.15, 0.2) is 77.1 Å². The highest BCUT2D eigenvalue weighted by Crippen LogP contribution is 2.25. The Morgan fingerprint density at radius 3 is 2.46 bits per heavy atom. The third-order valence-corrected chi connectivity index (χ3v) is 3.18. The minimum absolute atomic E-state index is 0.0507. The molecule has 0 saturated carbocycles. The summed E-state index contributed by atoms with van der Waals surface area (Å²) >= 11 is 0. The maximum atomic E-state index is 10.9. The van der Waals surface area contributed by atoms with Crippen LogP contribution < -0.4 is 9.47 Å². The summed E-state index contributed by atoms with van der Waals surface area (Å²) in [5, 5.41) is 14.3. The van der Waals surface area contributed by atoms with Gasteiger partial charge in [0.05, 0.1) is 10.6 Å². The average Bonchev–Trinajstić information content (AvgIpc) is 2.73. The maximum absolute atomic E-state index is 10.9. The number of nitro benzene ring substituents is 1. The van der Waals surface area contributed by atoms with Crippen LogP contribution in [-0.4, -0.2) is 27.7 Å². The van der Waals surface area contributed by atoms with E-state index in [0.717, 1.165) is 12.8 Å². The summed E-state index contributed by atoms with van der Waals surface area (Å²) in [6.45, 7) is 0. The third-order valence-electron chi connectivity index (χ3n) is 3.18. The van der Waals surface area contributed by atoms with Crippen LogP contribution in [0.2, 0.25) is 0 Å². The van der Waals surface area contributed by atoms with Crippen LogP contribution in [0, 0.1) is 10.1 Å². The van der Waals surface area contributed by atoms with Crippen LogP contribution in [0.25, 0.3) is 0 Å². The molecule has 0 N–H and O–H groups in total. The van der Waals surface area contributed by atoms with Crippen molar-refractivity contribution >= 4 is 24.2 Å². The van der Waals surface area contributed by atoms with E-state index in [2.05, 4.69) is 20.1 Å². The highest BCUT2D eigenvalue weighted by molar-refractivity contribution is 5.59. The Morgan fingerprint density at radius 1 is 0.964 bits per heavy atom. The first-order chi connectivity index (χ1) is 13.7. The van der Waals surface area contributed by atoms with Crippen molar-refractivity contribution in [1.82, 2.24) is 9.97 Å². The minimum atomic E-state index is -0.553.